The first-order valence-corrected chi connectivity index (χ1v) is 5.98. The van der Waals surface area contributed by atoms with Crippen molar-refractivity contribution >= 4 is 29.1 Å². The molecule has 0 aliphatic rings. The fourth-order valence-corrected chi connectivity index (χ4v) is 1.29. The third-order valence-corrected chi connectivity index (χ3v) is 2.25. The number of carbonyl (C=O) groups excluding carboxylic acids is 2. The second-order valence-electron chi connectivity index (χ2n) is 3.54. The summed E-state index contributed by atoms with van der Waals surface area (Å²) in [5.74, 6) is 0.257. The van der Waals surface area contributed by atoms with Crippen molar-refractivity contribution in [2.45, 2.75) is 6.92 Å². The van der Waals surface area contributed by atoms with Crippen LogP contribution in [-0.2, 0) is 9.59 Å². The molecule has 2 N–H and O–H groups in total. The highest BCUT2D eigenvalue weighted by Crippen LogP contribution is 2.15. The lowest BCUT2D eigenvalue weighted by molar-refractivity contribution is -0.119. The summed E-state index contributed by atoms with van der Waals surface area (Å²) in [5.41, 5.74) is 0.662. The van der Waals surface area contributed by atoms with Crippen molar-refractivity contribution in [2.75, 3.05) is 24.3 Å². The van der Waals surface area contributed by atoms with E-state index >= 15 is 0 Å². The van der Waals surface area contributed by atoms with Crippen LogP contribution in [0, 0.1) is 0 Å². The average molecular weight is 271 g/mol. The average Bonchev–Trinajstić information content (AvgIpc) is 2.36. The molecule has 0 fully saturated rings. The molecule has 1 rings (SSSR count). The molecule has 6 heteroatoms. The molecule has 0 atom stereocenters. The van der Waals surface area contributed by atoms with Gasteiger partial charge >= 0.3 is 0 Å². The number of hydrogen-bond donors (Lipinski definition) is 2. The summed E-state index contributed by atoms with van der Waals surface area (Å²) in [4.78, 5) is 21.6. The number of benzene rings is 1. The maximum atomic E-state index is 11.0. The van der Waals surface area contributed by atoms with Crippen molar-refractivity contribution in [1.29, 1.82) is 0 Å². The summed E-state index contributed by atoms with van der Waals surface area (Å²) in [6, 6.07) is 6.91. The van der Waals surface area contributed by atoms with Gasteiger partial charge in [0.1, 0.15) is 18.2 Å². The molecule has 0 aliphatic carbocycles. The zero-order valence-electron chi connectivity index (χ0n) is 10.0. The molecular weight excluding hydrogens is 256 g/mol. The predicted molar refractivity (Wildman–Crippen MR) is 70.0 cm³/mol. The Kier molecular flexibility index (Phi) is 6.00. The van der Waals surface area contributed by atoms with E-state index in [1.54, 1.807) is 24.3 Å². The number of amides is 2. The number of hydrogen-bond acceptors (Lipinski definition) is 3. The lowest BCUT2D eigenvalue weighted by Gasteiger charge is -2.08. The van der Waals surface area contributed by atoms with E-state index in [9.17, 15) is 9.59 Å². The summed E-state index contributed by atoms with van der Waals surface area (Å²) < 4.78 is 5.39. The van der Waals surface area contributed by atoms with Crippen LogP contribution in [0.2, 0.25) is 0 Å². The molecule has 0 saturated carbocycles. The fourth-order valence-electron chi connectivity index (χ4n) is 1.22. The van der Waals surface area contributed by atoms with E-state index in [0.29, 0.717) is 24.6 Å². The van der Waals surface area contributed by atoms with Gasteiger partial charge < -0.3 is 15.4 Å². The van der Waals surface area contributed by atoms with Crippen molar-refractivity contribution in [3.63, 3.8) is 0 Å². The zero-order chi connectivity index (χ0) is 13.4. The van der Waals surface area contributed by atoms with Crippen molar-refractivity contribution < 1.29 is 14.3 Å². The normalized spacial score (nSPS) is 9.67. The second kappa shape index (κ2) is 7.55. The van der Waals surface area contributed by atoms with Gasteiger partial charge in [-0.3, -0.25) is 9.59 Å². The molecule has 0 radical (unpaired) electrons. The molecule has 1 aromatic carbocycles. The Bertz CT molecular complexity index is 406. The molecule has 0 unspecified atom stereocenters. The van der Waals surface area contributed by atoms with E-state index < -0.39 is 0 Å². The number of anilines is 1. The highest BCUT2D eigenvalue weighted by Gasteiger charge is 2.00. The molecular formula is C12H15ClN2O3. The Morgan fingerprint density at radius 3 is 2.50 bits per heavy atom. The van der Waals surface area contributed by atoms with Gasteiger partial charge in [0.15, 0.2) is 0 Å². The zero-order valence-corrected chi connectivity index (χ0v) is 10.8. The van der Waals surface area contributed by atoms with Gasteiger partial charge in [-0.05, 0) is 24.3 Å². The van der Waals surface area contributed by atoms with E-state index in [1.165, 1.54) is 6.92 Å². The van der Waals surface area contributed by atoms with Gasteiger partial charge in [-0.15, -0.1) is 11.6 Å². The van der Waals surface area contributed by atoms with Crippen LogP contribution in [0.1, 0.15) is 6.92 Å². The third-order valence-electron chi connectivity index (χ3n) is 2.00. The molecule has 0 aromatic heterocycles. The molecule has 5 nitrogen and oxygen atoms in total. The second-order valence-corrected chi connectivity index (χ2v) is 3.80. The Balaban J connectivity index is 2.36. The van der Waals surface area contributed by atoms with Gasteiger partial charge in [0.05, 0.1) is 6.54 Å². The molecule has 98 valence electrons. The fraction of sp³-hybridized carbons (Fsp3) is 0.333. The van der Waals surface area contributed by atoms with Gasteiger partial charge in [-0.1, -0.05) is 0 Å². The molecule has 1 aromatic rings. The molecule has 2 amide bonds. The van der Waals surface area contributed by atoms with E-state index in [4.69, 9.17) is 16.3 Å². The highest BCUT2D eigenvalue weighted by atomic mass is 35.5. The van der Waals surface area contributed by atoms with Crippen molar-refractivity contribution in [1.82, 2.24) is 5.32 Å². The maximum absolute atomic E-state index is 11.0. The quantitative estimate of drug-likeness (QED) is 0.606. The number of carbonyl (C=O) groups is 2. The van der Waals surface area contributed by atoms with Crippen molar-refractivity contribution in [2.24, 2.45) is 0 Å². The number of rotatable bonds is 6. The largest absolute Gasteiger partial charge is 0.492 e. The van der Waals surface area contributed by atoms with Crippen LogP contribution in [0.3, 0.4) is 0 Å². The lowest BCUT2D eigenvalue weighted by Crippen LogP contribution is -2.25. The molecule has 0 heterocycles. The van der Waals surface area contributed by atoms with E-state index in [2.05, 4.69) is 10.6 Å². The van der Waals surface area contributed by atoms with Gasteiger partial charge in [0.2, 0.25) is 11.8 Å². The number of nitrogens with one attached hydrogen (secondary N) is 2. The predicted octanol–water partition coefficient (Wildman–Crippen LogP) is 1.38. The van der Waals surface area contributed by atoms with Crippen LogP contribution in [0.5, 0.6) is 5.75 Å². The summed E-state index contributed by atoms with van der Waals surface area (Å²) in [7, 11) is 0. The van der Waals surface area contributed by atoms with E-state index in [1.807, 2.05) is 0 Å². The first-order valence-electron chi connectivity index (χ1n) is 5.45. The first-order chi connectivity index (χ1) is 8.61. The van der Waals surface area contributed by atoms with Crippen LogP contribution in [-0.4, -0.2) is 30.8 Å². The number of alkyl halides is 1. The highest BCUT2D eigenvalue weighted by molar-refractivity contribution is 6.29. The Morgan fingerprint density at radius 2 is 1.94 bits per heavy atom. The monoisotopic (exact) mass is 270 g/mol. The molecule has 0 bridgehead atoms. The topological polar surface area (TPSA) is 67.4 Å². The van der Waals surface area contributed by atoms with Crippen LogP contribution in [0.25, 0.3) is 0 Å². The summed E-state index contributed by atoms with van der Waals surface area (Å²) in [6.45, 7) is 2.31. The minimum absolute atomic E-state index is 0.0744. The van der Waals surface area contributed by atoms with Crippen LogP contribution < -0.4 is 15.4 Å². The molecule has 0 spiro atoms. The molecule has 0 aliphatic heterocycles. The van der Waals surface area contributed by atoms with Crippen LogP contribution >= 0.6 is 11.6 Å². The first kappa shape index (κ1) is 14.3. The van der Waals surface area contributed by atoms with Gasteiger partial charge in [-0.25, -0.2) is 0 Å². The lowest BCUT2D eigenvalue weighted by atomic mass is 10.3. The summed E-state index contributed by atoms with van der Waals surface area (Å²) in [5, 5.41) is 5.24. The van der Waals surface area contributed by atoms with Gasteiger partial charge in [0, 0.05) is 12.6 Å². The molecule has 0 saturated heterocycles. The third kappa shape index (κ3) is 5.54. The van der Waals surface area contributed by atoms with E-state index in [0.717, 1.165) is 0 Å². The van der Waals surface area contributed by atoms with Crippen LogP contribution in [0.15, 0.2) is 24.3 Å². The van der Waals surface area contributed by atoms with Gasteiger partial charge in [-0.2, -0.15) is 0 Å². The Labute approximate surface area is 110 Å². The summed E-state index contributed by atoms with van der Waals surface area (Å²) >= 11 is 5.37. The summed E-state index contributed by atoms with van der Waals surface area (Å²) in [6.07, 6.45) is 0. The van der Waals surface area contributed by atoms with E-state index in [-0.39, 0.29) is 17.7 Å². The van der Waals surface area contributed by atoms with Gasteiger partial charge in [0.25, 0.3) is 0 Å². The minimum atomic E-state index is -0.254. The molecule has 18 heavy (non-hydrogen) atoms. The standard InChI is InChI=1S/C12H15ClN2O3/c1-9(16)14-6-7-18-11-4-2-10(3-5-11)15-12(17)8-13/h2-5H,6-8H2,1H3,(H,14,16)(H,15,17). The Morgan fingerprint density at radius 1 is 1.28 bits per heavy atom. The smallest absolute Gasteiger partial charge is 0.239 e. The van der Waals surface area contributed by atoms with Crippen molar-refractivity contribution in [3.8, 4) is 5.75 Å². The number of ether oxygens (including phenoxy) is 1. The minimum Gasteiger partial charge on any atom is -0.492 e. The maximum Gasteiger partial charge on any atom is 0.239 e. The Hall–Kier alpha value is -1.75. The SMILES string of the molecule is CC(=O)NCCOc1ccc(NC(=O)CCl)cc1. The van der Waals surface area contributed by atoms with Crippen molar-refractivity contribution in [3.05, 3.63) is 24.3 Å². The van der Waals surface area contributed by atoms with Crippen LogP contribution in [0.4, 0.5) is 5.69 Å². The number of halogens is 1.